The van der Waals surface area contributed by atoms with Crippen molar-refractivity contribution < 1.29 is 4.74 Å². The highest BCUT2D eigenvalue weighted by atomic mass is 16.5. The van der Waals surface area contributed by atoms with Crippen LogP contribution in [0.5, 0.6) is 5.75 Å². The van der Waals surface area contributed by atoms with Crippen LogP contribution in [0, 0.1) is 0 Å². The van der Waals surface area contributed by atoms with Gasteiger partial charge in [-0.25, -0.2) is 10.2 Å². The van der Waals surface area contributed by atoms with E-state index in [0.29, 0.717) is 23.7 Å². The molecule has 9 heteroatoms. The lowest BCUT2D eigenvalue weighted by Crippen LogP contribution is -2.29. The minimum atomic E-state index is -0.494. The quantitative estimate of drug-likeness (QED) is 0.327. The Morgan fingerprint density at radius 3 is 2.66 bits per heavy atom. The summed E-state index contributed by atoms with van der Waals surface area (Å²) < 4.78 is 8.26. The van der Waals surface area contributed by atoms with Gasteiger partial charge in [0, 0.05) is 13.6 Å². The number of fused-ring (bicyclic) bond motifs is 1. The molecular formula is C20H26N6O3. The Balaban J connectivity index is 1.91. The smallest absolute Gasteiger partial charge is 0.329 e. The summed E-state index contributed by atoms with van der Waals surface area (Å²) >= 11 is 0. The minimum Gasteiger partial charge on any atom is -0.497 e. The van der Waals surface area contributed by atoms with Crippen molar-refractivity contribution in [2.75, 3.05) is 12.5 Å². The van der Waals surface area contributed by atoms with Crippen LogP contribution >= 0.6 is 0 Å². The topological polar surface area (TPSA) is 106 Å². The number of methoxy groups -OCH3 is 1. The number of aromatic nitrogens is 4. The monoisotopic (exact) mass is 398 g/mol. The second kappa shape index (κ2) is 9.22. The zero-order chi connectivity index (χ0) is 20.8. The molecule has 2 heterocycles. The van der Waals surface area contributed by atoms with Gasteiger partial charge in [0.05, 0.1) is 13.3 Å². The zero-order valence-electron chi connectivity index (χ0n) is 16.9. The molecule has 0 fully saturated rings. The highest BCUT2D eigenvalue weighted by Crippen LogP contribution is 2.17. The first kappa shape index (κ1) is 20.4. The number of rotatable bonds is 9. The number of nitrogens with one attached hydrogen (secondary N) is 2. The molecule has 0 saturated heterocycles. The predicted molar refractivity (Wildman–Crippen MR) is 114 cm³/mol. The number of ether oxygens (including phenoxy) is 1. The number of anilines is 1. The second-order valence-electron chi connectivity index (χ2n) is 6.78. The fourth-order valence-electron chi connectivity index (χ4n) is 3.09. The van der Waals surface area contributed by atoms with Gasteiger partial charge in [0.15, 0.2) is 11.2 Å². The van der Waals surface area contributed by atoms with Crippen molar-refractivity contribution in [2.45, 2.75) is 39.2 Å². The fourth-order valence-corrected chi connectivity index (χ4v) is 3.09. The largest absolute Gasteiger partial charge is 0.497 e. The zero-order valence-corrected chi connectivity index (χ0v) is 16.9. The van der Waals surface area contributed by atoms with Crippen LogP contribution in [0.4, 0.5) is 5.95 Å². The maximum atomic E-state index is 12.4. The van der Waals surface area contributed by atoms with E-state index in [4.69, 9.17) is 4.74 Å². The molecule has 0 saturated carbocycles. The average Bonchev–Trinajstić information content (AvgIpc) is 3.09. The van der Waals surface area contributed by atoms with Crippen molar-refractivity contribution in [3.8, 4) is 5.75 Å². The Hall–Kier alpha value is -3.36. The SMILES string of the molecule is CCCCCCn1c(NN=Cc2ccc(OC)cc2)nc2c1c(=O)[nH]c(=O)n2C. The summed E-state index contributed by atoms with van der Waals surface area (Å²) in [5.41, 5.74) is 3.56. The molecule has 9 nitrogen and oxygen atoms in total. The van der Waals surface area contributed by atoms with E-state index in [9.17, 15) is 9.59 Å². The van der Waals surface area contributed by atoms with Crippen molar-refractivity contribution in [1.82, 2.24) is 19.1 Å². The van der Waals surface area contributed by atoms with Gasteiger partial charge in [0.2, 0.25) is 5.95 Å². The predicted octanol–water partition coefficient (Wildman–Crippen LogP) is 2.46. The van der Waals surface area contributed by atoms with E-state index in [1.54, 1.807) is 24.9 Å². The molecule has 0 aliphatic rings. The molecular weight excluding hydrogens is 372 g/mol. The molecule has 2 N–H and O–H groups in total. The van der Waals surface area contributed by atoms with Crippen LogP contribution in [-0.2, 0) is 13.6 Å². The average molecular weight is 398 g/mol. The molecule has 0 amide bonds. The van der Waals surface area contributed by atoms with Crippen molar-refractivity contribution in [3.63, 3.8) is 0 Å². The summed E-state index contributed by atoms with van der Waals surface area (Å²) in [6, 6.07) is 7.46. The number of aromatic amines is 1. The first-order valence-corrected chi connectivity index (χ1v) is 9.67. The normalized spacial score (nSPS) is 11.4. The van der Waals surface area contributed by atoms with E-state index in [-0.39, 0.29) is 0 Å². The lowest BCUT2D eigenvalue weighted by atomic mass is 10.2. The van der Waals surface area contributed by atoms with Crippen molar-refractivity contribution in [3.05, 3.63) is 50.7 Å². The van der Waals surface area contributed by atoms with Crippen molar-refractivity contribution in [2.24, 2.45) is 12.1 Å². The number of hydrogen-bond acceptors (Lipinski definition) is 6. The van der Waals surface area contributed by atoms with E-state index in [1.165, 1.54) is 4.57 Å². The summed E-state index contributed by atoms with van der Waals surface area (Å²) in [6.07, 6.45) is 5.85. The molecule has 0 aliphatic carbocycles. The van der Waals surface area contributed by atoms with Crippen LogP contribution in [0.1, 0.15) is 38.2 Å². The van der Waals surface area contributed by atoms with E-state index in [2.05, 4.69) is 27.4 Å². The molecule has 154 valence electrons. The van der Waals surface area contributed by atoms with Gasteiger partial charge < -0.3 is 9.30 Å². The molecule has 29 heavy (non-hydrogen) atoms. The van der Waals surface area contributed by atoms with Gasteiger partial charge in [-0.05, 0) is 36.2 Å². The van der Waals surface area contributed by atoms with Gasteiger partial charge in [-0.2, -0.15) is 10.1 Å². The van der Waals surface area contributed by atoms with Gasteiger partial charge in [-0.15, -0.1) is 0 Å². The highest BCUT2D eigenvalue weighted by molar-refractivity contribution is 5.80. The summed E-state index contributed by atoms with van der Waals surface area (Å²) in [6.45, 7) is 2.76. The molecule has 0 spiro atoms. The third-order valence-corrected chi connectivity index (χ3v) is 4.74. The van der Waals surface area contributed by atoms with Crippen molar-refractivity contribution >= 4 is 23.3 Å². The number of aryl methyl sites for hydroxylation is 2. The van der Waals surface area contributed by atoms with Gasteiger partial charge in [0.25, 0.3) is 5.56 Å². The number of imidazole rings is 1. The van der Waals surface area contributed by atoms with Crippen LogP contribution in [-0.4, -0.2) is 32.4 Å². The molecule has 0 unspecified atom stereocenters. The molecule has 2 aromatic heterocycles. The Bertz CT molecular complexity index is 1110. The summed E-state index contributed by atoms with van der Waals surface area (Å²) in [7, 11) is 3.20. The Morgan fingerprint density at radius 2 is 1.97 bits per heavy atom. The third kappa shape index (κ3) is 4.56. The lowest BCUT2D eigenvalue weighted by Gasteiger charge is -2.08. The molecule has 0 bridgehead atoms. The fraction of sp³-hybridized carbons (Fsp3) is 0.400. The Kier molecular flexibility index (Phi) is 6.48. The van der Waals surface area contributed by atoms with Gasteiger partial charge in [0.1, 0.15) is 5.75 Å². The van der Waals surface area contributed by atoms with Crippen LogP contribution in [0.2, 0.25) is 0 Å². The maximum Gasteiger partial charge on any atom is 0.329 e. The Morgan fingerprint density at radius 1 is 1.21 bits per heavy atom. The first-order chi connectivity index (χ1) is 14.0. The summed E-state index contributed by atoms with van der Waals surface area (Å²) in [4.78, 5) is 31.1. The van der Waals surface area contributed by atoms with Crippen molar-refractivity contribution in [1.29, 1.82) is 0 Å². The number of hydrazone groups is 1. The van der Waals surface area contributed by atoms with E-state index >= 15 is 0 Å². The van der Waals surface area contributed by atoms with Crippen LogP contribution in [0.3, 0.4) is 0 Å². The first-order valence-electron chi connectivity index (χ1n) is 9.67. The number of nitrogens with zero attached hydrogens (tertiary/aromatic N) is 4. The minimum absolute atomic E-state index is 0.330. The number of unbranched alkanes of at least 4 members (excludes halogenated alkanes) is 3. The molecule has 0 aliphatic heterocycles. The summed E-state index contributed by atoms with van der Waals surface area (Å²) in [5.74, 6) is 1.19. The van der Waals surface area contributed by atoms with E-state index in [0.717, 1.165) is 37.0 Å². The molecule has 3 aromatic rings. The van der Waals surface area contributed by atoms with Crippen LogP contribution in [0.25, 0.3) is 11.2 Å². The standard InChI is InChI=1S/C20H26N6O3/c1-4-5-6-7-12-26-16-17(25(2)20(28)23-18(16)27)22-19(26)24-21-13-14-8-10-15(29-3)11-9-14/h8-11,13H,4-7,12H2,1-3H3,(H,22,24)(H,23,27,28). The summed E-state index contributed by atoms with van der Waals surface area (Å²) in [5, 5.41) is 4.25. The van der Waals surface area contributed by atoms with Gasteiger partial charge in [-0.3, -0.25) is 14.3 Å². The number of hydrogen-bond donors (Lipinski definition) is 2. The molecule has 3 rings (SSSR count). The number of benzene rings is 1. The maximum absolute atomic E-state index is 12.4. The van der Waals surface area contributed by atoms with E-state index in [1.807, 2.05) is 24.3 Å². The van der Waals surface area contributed by atoms with Crippen LogP contribution < -0.4 is 21.4 Å². The highest BCUT2D eigenvalue weighted by Gasteiger charge is 2.16. The Labute approximate surface area is 168 Å². The van der Waals surface area contributed by atoms with E-state index < -0.39 is 11.2 Å². The lowest BCUT2D eigenvalue weighted by molar-refractivity contribution is 0.415. The third-order valence-electron chi connectivity index (χ3n) is 4.74. The number of H-pyrrole nitrogens is 1. The molecule has 0 radical (unpaired) electrons. The molecule has 0 atom stereocenters. The van der Waals surface area contributed by atoms with Crippen LogP contribution in [0.15, 0.2) is 39.0 Å². The molecule has 1 aromatic carbocycles. The van der Waals surface area contributed by atoms with Gasteiger partial charge >= 0.3 is 5.69 Å². The van der Waals surface area contributed by atoms with Gasteiger partial charge in [-0.1, -0.05) is 26.2 Å². The second-order valence-corrected chi connectivity index (χ2v) is 6.78.